The number of alkyl halides is 3. The second-order valence-electron chi connectivity index (χ2n) is 4.63. The largest absolute Gasteiger partial charge is 0.417 e. The maximum atomic E-state index is 12.4. The first kappa shape index (κ1) is 16.2. The Labute approximate surface area is 124 Å². The lowest BCUT2D eigenvalue weighted by Crippen LogP contribution is -2.17. The molecule has 2 rings (SSSR count). The van der Waals surface area contributed by atoms with E-state index in [9.17, 15) is 26.4 Å². The van der Waals surface area contributed by atoms with Crippen molar-refractivity contribution in [2.45, 2.75) is 17.0 Å². The fraction of sp³-hybridized carbons (Fsp3) is 0.231. The Kier molecular flexibility index (Phi) is 4.10. The molecule has 5 nitrogen and oxygen atoms in total. The van der Waals surface area contributed by atoms with Crippen LogP contribution in [0.2, 0.25) is 0 Å². The van der Waals surface area contributed by atoms with E-state index in [0.29, 0.717) is 12.3 Å². The van der Waals surface area contributed by atoms with Gasteiger partial charge in [-0.1, -0.05) is 0 Å². The van der Waals surface area contributed by atoms with E-state index < -0.39 is 32.4 Å². The Bertz CT molecular complexity index is 840. The summed E-state index contributed by atoms with van der Waals surface area (Å²) in [6.45, 7) is 0. The first-order valence-corrected chi connectivity index (χ1v) is 7.66. The molecule has 118 valence electrons. The third kappa shape index (κ3) is 3.53. The van der Waals surface area contributed by atoms with Crippen LogP contribution in [0.5, 0.6) is 0 Å². The van der Waals surface area contributed by atoms with Gasteiger partial charge in [0.25, 0.3) is 5.56 Å². The molecule has 22 heavy (non-hydrogen) atoms. The van der Waals surface area contributed by atoms with Crippen LogP contribution in [0.15, 0.2) is 46.5 Å². The quantitative estimate of drug-likeness (QED) is 0.859. The van der Waals surface area contributed by atoms with E-state index in [-0.39, 0.29) is 11.1 Å². The van der Waals surface area contributed by atoms with Crippen LogP contribution in [0.25, 0.3) is 0 Å². The van der Waals surface area contributed by atoms with E-state index in [4.69, 9.17) is 0 Å². The van der Waals surface area contributed by atoms with Crippen molar-refractivity contribution < 1.29 is 21.6 Å². The molecule has 0 fully saturated rings. The predicted octanol–water partition coefficient (Wildman–Crippen LogP) is 1.77. The number of aromatic nitrogens is 2. The van der Waals surface area contributed by atoms with Crippen LogP contribution in [0.1, 0.15) is 11.1 Å². The molecule has 2 heterocycles. The molecule has 0 N–H and O–H groups in total. The fourth-order valence-electron chi connectivity index (χ4n) is 1.70. The van der Waals surface area contributed by atoms with Crippen LogP contribution in [0.4, 0.5) is 13.2 Å². The third-order valence-corrected chi connectivity index (χ3v) is 4.50. The number of pyridine rings is 2. The summed E-state index contributed by atoms with van der Waals surface area (Å²) in [6, 6.07) is 4.06. The summed E-state index contributed by atoms with van der Waals surface area (Å²) in [5.41, 5.74) is -1.17. The van der Waals surface area contributed by atoms with E-state index in [2.05, 4.69) is 4.98 Å². The summed E-state index contributed by atoms with van der Waals surface area (Å²) < 4.78 is 62.7. The van der Waals surface area contributed by atoms with Gasteiger partial charge >= 0.3 is 6.18 Å². The van der Waals surface area contributed by atoms with Gasteiger partial charge in [0.2, 0.25) is 0 Å². The lowest BCUT2D eigenvalue weighted by atomic mass is 10.3. The number of hydrogen-bond donors (Lipinski definition) is 0. The molecule has 0 saturated heterocycles. The highest BCUT2D eigenvalue weighted by atomic mass is 32.2. The van der Waals surface area contributed by atoms with Crippen molar-refractivity contribution in [1.29, 1.82) is 0 Å². The number of sulfone groups is 1. The van der Waals surface area contributed by atoms with Crippen molar-refractivity contribution in [3.8, 4) is 0 Å². The van der Waals surface area contributed by atoms with E-state index in [1.54, 1.807) is 0 Å². The Hall–Kier alpha value is -2.16. The third-order valence-electron chi connectivity index (χ3n) is 2.91. The van der Waals surface area contributed by atoms with E-state index >= 15 is 0 Å². The molecule has 2 aromatic rings. The van der Waals surface area contributed by atoms with Gasteiger partial charge in [0.05, 0.1) is 11.3 Å². The van der Waals surface area contributed by atoms with Gasteiger partial charge in [0, 0.05) is 25.5 Å². The lowest BCUT2D eigenvalue weighted by molar-refractivity contribution is -0.137. The van der Waals surface area contributed by atoms with Gasteiger partial charge in [-0.2, -0.15) is 13.2 Å². The second-order valence-corrected chi connectivity index (χ2v) is 6.56. The van der Waals surface area contributed by atoms with E-state index in [1.807, 2.05) is 0 Å². The monoisotopic (exact) mass is 332 g/mol. The van der Waals surface area contributed by atoms with E-state index in [1.165, 1.54) is 23.9 Å². The van der Waals surface area contributed by atoms with Gasteiger partial charge in [0.15, 0.2) is 14.9 Å². The average molecular weight is 332 g/mol. The molecule has 9 heteroatoms. The minimum Gasteiger partial charge on any atom is -0.319 e. The Balaban J connectivity index is 2.30. The molecule has 0 bridgehead atoms. The van der Waals surface area contributed by atoms with Crippen LogP contribution in [-0.2, 0) is 28.8 Å². The molecule has 0 saturated carbocycles. The molecular weight excluding hydrogens is 321 g/mol. The van der Waals surface area contributed by atoms with Gasteiger partial charge in [0.1, 0.15) is 0 Å². The molecule has 2 aromatic heterocycles. The van der Waals surface area contributed by atoms with Gasteiger partial charge in [-0.05, 0) is 23.8 Å². The number of nitrogens with zero attached hydrogens (tertiary/aromatic N) is 2. The van der Waals surface area contributed by atoms with Crippen molar-refractivity contribution in [2.24, 2.45) is 7.05 Å². The van der Waals surface area contributed by atoms with Crippen LogP contribution < -0.4 is 5.56 Å². The van der Waals surface area contributed by atoms with Gasteiger partial charge in [-0.3, -0.25) is 4.79 Å². The minimum atomic E-state index is -4.58. The van der Waals surface area contributed by atoms with Crippen molar-refractivity contribution >= 4 is 9.84 Å². The highest BCUT2D eigenvalue weighted by Crippen LogP contribution is 2.29. The number of aryl methyl sites for hydroxylation is 1. The maximum Gasteiger partial charge on any atom is 0.417 e. The number of halogens is 3. The van der Waals surface area contributed by atoms with Gasteiger partial charge < -0.3 is 4.57 Å². The summed E-state index contributed by atoms with van der Waals surface area (Å²) in [4.78, 5) is 14.8. The molecule has 0 amide bonds. The molecule has 0 radical (unpaired) electrons. The van der Waals surface area contributed by atoms with Gasteiger partial charge in [-0.25, -0.2) is 13.4 Å². The number of hydrogen-bond acceptors (Lipinski definition) is 4. The van der Waals surface area contributed by atoms with Crippen molar-refractivity contribution in [3.05, 3.63) is 58.1 Å². The highest BCUT2D eigenvalue weighted by molar-refractivity contribution is 7.90. The zero-order valence-electron chi connectivity index (χ0n) is 11.3. The van der Waals surface area contributed by atoms with E-state index in [0.717, 1.165) is 12.1 Å². The van der Waals surface area contributed by atoms with Crippen molar-refractivity contribution in [1.82, 2.24) is 9.55 Å². The van der Waals surface area contributed by atoms with Crippen molar-refractivity contribution in [2.75, 3.05) is 0 Å². The first-order chi connectivity index (χ1) is 10.1. The summed E-state index contributed by atoms with van der Waals surface area (Å²) in [6.07, 6.45) is -2.70. The standard InChI is InChI=1S/C13H11F3N2O3S/c1-18-5-4-9(6-12(18)19)8-22(20,21)11-3-2-10(7-17-11)13(14,15)16/h2-7H,8H2,1H3. The van der Waals surface area contributed by atoms with Crippen molar-refractivity contribution in [3.63, 3.8) is 0 Å². The molecule has 0 aromatic carbocycles. The predicted molar refractivity (Wildman–Crippen MR) is 71.8 cm³/mol. The molecule has 0 aliphatic heterocycles. The zero-order chi connectivity index (χ0) is 16.5. The Morgan fingerprint density at radius 2 is 1.91 bits per heavy atom. The lowest BCUT2D eigenvalue weighted by Gasteiger charge is -2.08. The summed E-state index contributed by atoms with van der Waals surface area (Å²) in [7, 11) is -2.42. The van der Waals surface area contributed by atoms with Crippen LogP contribution in [-0.4, -0.2) is 18.0 Å². The van der Waals surface area contributed by atoms with Crippen LogP contribution in [0.3, 0.4) is 0 Å². The fourth-order valence-corrected chi connectivity index (χ4v) is 2.96. The zero-order valence-corrected chi connectivity index (χ0v) is 12.1. The molecule has 0 spiro atoms. The molecule has 0 aliphatic rings. The molecule has 0 unspecified atom stereocenters. The summed E-state index contributed by atoms with van der Waals surface area (Å²) in [5, 5.41) is -0.471. The topological polar surface area (TPSA) is 69.0 Å². The maximum absolute atomic E-state index is 12.4. The summed E-state index contributed by atoms with van der Waals surface area (Å²) >= 11 is 0. The Morgan fingerprint density at radius 3 is 2.41 bits per heavy atom. The summed E-state index contributed by atoms with van der Waals surface area (Å²) in [5.74, 6) is -0.512. The first-order valence-electron chi connectivity index (χ1n) is 6.01. The highest BCUT2D eigenvalue weighted by Gasteiger charge is 2.31. The molecule has 0 atom stereocenters. The second kappa shape index (κ2) is 5.56. The Morgan fingerprint density at radius 1 is 1.23 bits per heavy atom. The smallest absolute Gasteiger partial charge is 0.319 e. The SMILES string of the molecule is Cn1ccc(CS(=O)(=O)c2ccc(C(F)(F)F)cn2)cc1=O. The molecular formula is C13H11F3N2O3S. The van der Waals surface area contributed by atoms with Crippen LogP contribution in [0, 0.1) is 0 Å². The van der Waals surface area contributed by atoms with Crippen LogP contribution >= 0.6 is 0 Å². The normalized spacial score (nSPS) is 12.4. The minimum absolute atomic E-state index is 0.241. The van der Waals surface area contributed by atoms with Gasteiger partial charge in [-0.15, -0.1) is 0 Å². The molecule has 0 aliphatic carbocycles. The number of rotatable bonds is 3. The average Bonchev–Trinajstić information content (AvgIpc) is 2.42.